The van der Waals surface area contributed by atoms with Gasteiger partial charge < -0.3 is 24.6 Å². The first-order valence-electron chi connectivity index (χ1n) is 13.5. The second-order valence-electron chi connectivity index (χ2n) is 9.50. The number of imide groups is 1. The van der Waals surface area contributed by atoms with Gasteiger partial charge in [0.15, 0.2) is 0 Å². The number of carbonyl (C=O) groups excluding carboxylic acids is 3. The molecule has 0 atom stereocenters. The van der Waals surface area contributed by atoms with Gasteiger partial charge in [-0.05, 0) is 39.9 Å². The van der Waals surface area contributed by atoms with Crippen molar-refractivity contribution in [3.63, 3.8) is 0 Å². The van der Waals surface area contributed by atoms with E-state index in [1.807, 2.05) is 78.9 Å². The number of amides is 3. The van der Waals surface area contributed by atoms with Crippen LogP contribution in [0.5, 0.6) is 11.5 Å². The van der Waals surface area contributed by atoms with Crippen LogP contribution in [-0.4, -0.2) is 42.8 Å². The van der Waals surface area contributed by atoms with E-state index in [2.05, 4.69) is 10.6 Å². The number of carbonyl (C=O) groups is 3. The van der Waals surface area contributed by atoms with Gasteiger partial charge in [0.2, 0.25) is 0 Å². The first-order chi connectivity index (χ1) is 20.5. The molecule has 3 N–H and O–H groups in total. The third-order valence-corrected chi connectivity index (χ3v) is 6.69. The number of rotatable bonds is 11. The summed E-state index contributed by atoms with van der Waals surface area (Å²) in [5.41, 5.74) is 4.67. The minimum absolute atomic E-state index is 0.0523. The lowest BCUT2D eigenvalue weighted by Gasteiger charge is -2.18. The Hall–Kier alpha value is -4.99. The molecular weight excluding hydrogens is 536 g/mol. The summed E-state index contributed by atoms with van der Waals surface area (Å²) in [5.74, 6) is -1.49. The van der Waals surface area contributed by atoms with Crippen molar-refractivity contribution in [2.45, 2.75) is 19.1 Å². The number of hydrogen-bond donors (Lipinski definition) is 3. The maximum atomic E-state index is 13.4. The summed E-state index contributed by atoms with van der Waals surface area (Å²) in [6.07, 6.45) is -0.0589. The molecule has 3 amide bonds. The molecule has 0 bridgehead atoms. The van der Waals surface area contributed by atoms with Gasteiger partial charge in [-0.25, -0.2) is 4.79 Å². The van der Waals surface area contributed by atoms with Crippen LogP contribution in [0.1, 0.15) is 39.5 Å². The maximum absolute atomic E-state index is 13.4. The van der Waals surface area contributed by atoms with Crippen molar-refractivity contribution in [2.75, 3.05) is 19.8 Å². The Kier molecular flexibility index (Phi) is 9.23. The Morgan fingerprint density at radius 2 is 1.38 bits per heavy atom. The molecule has 0 fully saturated rings. The summed E-state index contributed by atoms with van der Waals surface area (Å²) in [6.45, 7) is 0.0532. The standard InChI is InChI=1S/C33H30N2O7/c36-18-20-41-27-15-8-16-28(42-29(37)17-19-40-21-22-9-2-1-3-10-22)30(27)32(38)35-33(39)34-31-25-13-6-4-11-23(25)24-12-5-7-14-26(24)31/h1-16,31,36H,17-21H2,(H2,34,35,38,39). The number of aliphatic hydroxyl groups excluding tert-OH is 1. The largest absolute Gasteiger partial charge is 0.490 e. The van der Waals surface area contributed by atoms with E-state index in [1.54, 1.807) is 6.07 Å². The van der Waals surface area contributed by atoms with Gasteiger partial charge in [0, 0.05) is 0 Å². The first kappa shape index (κ1) is 28.5. The van der Waals surface area contributed by atoms with Gasteiger partial charge in [0.1, 0.15) is 23.7 Å². The van der Waals surface area contributed by atoms with Gasteiger partial charge in [-0.3, -0.25) is 14.9 Å². The molecule has 0 radical (unpaired) electrons. The van der Waals surface area contributed by atoms with Gasteiger partial charge >= 0.3 is 12.0 Å². The second-order valence-corrected chi connectivity index (χ2v) is 9.50. The number of hydrogen-bond acceptors (Lipinski definition) is 7. The van der Waals surface area contributed by atoms with Crippen molar-refractivity contribution in [3.8, 4) is 22.6 Å². The van der Waals surface area contributed by atoms with E-state index in [-0.39, 0.29) is 43.3 Å². The van der Waals surface area contributed by atoms with Crippen molar-refractivity contribution in [1.82, 2.24) is 10.6 Å². The molecule has 0 aliphatic heterocycles. The molecule has 0 saturated heterocycles. The monoisotopic (exact) mass is 566 g/mol. The van der Waals surface area contributed by atoms with Gasteiger partial charge in [0.05, 0.1) is 32.3 Å². The van der Waals surface area contributed by atoms with Crippen molar-refractivity contribution >= 4 is 17.9 Å². The second kappa shape index (κ2) is 13.6. The third kappa shape index (κ3) is 6.65. The summed E-state index contributed by atoms with van der Waals surface area (Å²) < 4.78 is 16.6. The summed E-state index contributed by atoms with van der Waals surface area (Å²) in [6, 6.07) is 28.3. The minimum atomic E-state index is -0.830. The number of aliphatic hydroxyl groups is 1. The lowest BCUT2D eigenvalue weighted by molar-refractivity contribution is -0.135. The van der Waals surface area contributed by atoms with E-state index in [0.717, 1.165) is 27.8 Å². The normalized spacial score (nSPS) is 11.7. The highest BCUT2D eigenvalue weighted by atomic mass is 16.5. The Bertz CT molecular complexity index is 1530. The van der Waals surface area contributed by atoms with Crippen molar-refractivity contribution in [1.29, 1.82) is 0 Å². The fourth-order valence-corrected chi connectivity index (χ4v) is 4.83. The molecule has 0 heterocycles. The highest BCUT2D eigenvalue weighted by Crippen LogP contribution is 2.43. The van der Waals surface area contributed by atoms with E-state index < -0.39 is 23.9 Å². The Labute approximate surface area is 243 Å². The van der Waals surface area contributed by atoms with Gasteiger partial charge in [-0.2, -0.15) is 0 Å². The zero-order chi connectivity index (χ0) is 29.3. The quantitative estimate of drug-likeness (QED) is 0.136. The highest BCUT2D eigenvalue weighted by Gasteiger charge is 2.30. The number of esters is 1. The molecule has 5 rings (SSSR count). The number of fused-ring (bicyclic) bond motifs is 3. The van der Waals surface area contributed by atoms with E-state index in [0.29, 0.717) is 6.61 Å². The number of nitrogens with one attached hydrogen (secondary N) is 2. The lowest BCUT2D eigenvalue weighted by Crippen LogP contribution is -2.41. The molecule has 4 aromatic carbocycles. The number of benzene rings is 4. The van der Waals surface area contributed by atoms with Crippen LogP contribution in [0.15, 0.2) is 97.1 Å². The molecule has 9 heteroatoms. The van der Waals surface area contributed by atoms with Gasteiger partial charge in [-0.15, -0.1) is 0 Å². The molecule has 9 nitrogen and oxygen atoms in total. The maximum Gasteiger partial charge on any atom is 0.322 e. The predicted molar refractivity (Wildman–Crippen MR) is 155 cm³/mol. The average Bonchev–Trinajstić information content (AvgIpc) is 3.32. The predicted octanol–water partition coefficient (Wildman–Crippen LogP) is 4.78. The number of urea groups is 1. The van der Waals surface area contributed by atoms with Gasteiger partial charge in [-0.1, -0.05) is 84.9 Å². The molecule has 0 unspecified atom stereocenters. The van der Waals surface area contributed by atoms with Crippen molar-refractivity contribution in [3.05, 3.63) is 119 Å². The van der Waals surface area contributed by atoms with Crippen LogP contribution in [-0.2, 0) is 16.1 Å². The van der Waals surface area contributed by atoms with Crippen LogP contribution in [0.2, 0.25) is 0 Å². The zero-order valence-corrected chi connectivity index (χ0v) is 22.7. The van der Waals surface area contributed by atoms with Crippen molar-refractivity contribution in [2.24, 2.45) is 0 Å². The Balaban J connectivity index is 1.27. The fraction of sp³-hybridized carbons (Fsp3) is 0.182. The van der Waals surface area contributed by atoms with E-state index in [1.165, 1.54) is 12.1 Å². The summed E-state index contributed by atoms with van der Waals surface area (Å²) in [5, 5.41) is 14.5. The smallest absolute Gasteiger partial charge is 0.322 e. The zero-order valence-electron chi connectivity index (χ0n) is 22.7. The SMILES string of the molecule is O=C(NC(=O)c1c(OCCO)cccc1OC(=O)CCOCc1ccccc1)NC1c2ccccc2-c2ccccc21. The summed E-state index contributed by atoms with van der Waals surface area (Å²) in [4.78, 5) is 39.1. The molecule has 0 spiro atoms. The number of ether oxygens (including phenoxy) is 3. The summed E-state index contributed by atoms with van der Waals surface area (Å²) >= 11 is 0. The van der Waals surface area contributed by atoms with Crippen LogP contribution >= 0.6 is 0 Å². The van der Waals surface area contributed by atoms with E-state index in [9.17, 15) is 19.5 Å². The fourth-order valence-electron chi connectivity index (χ4n) is 4.83. The average molecular weight is 567 g/mol. The topological polar surface area (TPSA) is 123 Å². The molecule has 214 valence electrons. The Morgan fingerprint density at radius 3 is 2.07 bits per heavy atom. The molecule has 1 aliphatic rings. The molecular formula is C33H30N2O7. The first-order valence-corrected chi connectivity index (χ1v) is 13.5. The molecule has 42 heavy (non-hydrogen) atoms. The molecule has 1 aliphatic carbocycles. The third-order valence-electron chi connectivity index (χ3n) is 6.69. The Morgan fingerprint density at radius 1 is 0.738 bits per heavy atom. The van der Waals surface area contributed by atoms with Crippen LogP contribution < -0.4 is 20.1 Å². The minimum Gasteiger partial charge on any atom is -0.490 e. The van der Waals surface area contributed by atoms with Crippen LogP contribution in [0.4, 0.5) is 4.79 Å². The highest BCUT2D eigenvalue weighted by molar-refractivity contribution is 6.08. The van der Waals surface area contributed by atoms with Gasteiger partial charge in [0.25, 0.3) is 5.91 Å². The molecule has 0 saturated carbocycles. The summed E-state index contributed by atoms with van der Waals surface area (Å²) in [7, 11) is 0. The van der Waals surface area contributed by atoms with Crippen LogP contribution in [0, 0.1) is 0 Å². The van der Waals surface area contributed by atoms with E-state index >= 15 is 0 Å². The van der Waals surface area contributed by atoms with Crippen LogP contribution in [0.3, 0.4) is 0 Å². The van der Waals surface area contributed by atoms with Crippen LogP contribution in [0.25, 0.3) is 11.1 Å². The lowest BCUT2D eigenvalue weighted by atomic mass is 10.1. The molecule has 4 aromatic rings. The van der Waals surface area contributed by atoms with Crippen molar-refractivity contribution < 1.29 is 33.7 Å². The van der Waals surface area contributed by atoms with E-state index in [4.69, 9.17) is 14.2 Å². The molecule has 0 aromatic heterocycles.